The summed E-state index contributed by atoms with van der Waals surface area (Å²) < 4.78 is 12.9. The Bertz CT molecular complexity index is 1100. The lowest BCUT2D eigenvalue weighted by atomic mass is 10.1. The fourth-order valence-electron chi connectivity index (χ4n) is 3.19. The first kappa shape index (κ1) is 19.1. The molecule has 8 nitrogen and oxygen atoms in total. The van der Waals surface area contributed by atoms with Gasteiger partial charge in [-0.2, -0.15) is 0 Å². The molecule has 0 unspecified atom stereocenters. The summed E-state index contributed by atoms with van der Waals surface area (Å²) in [5, 5.41) is 0.387. The number of hydrogen-bond donors (Lipinski definition) is 2. The molecule has 0 saturated carbocycles. The molecule has 1 aromatic carbocycles. The largest absolute Gasteiger partial charge is 0.489 e. The second-order valence-corrected chi connectivity index (χ2v) is 7.02. The van der Waals surface area contributed by atoms with Crippen LogP contribution in [0.4, 0.5) is 0 Å². The number of aryl methyl sites for hydroxylation is 1. The van der Waals surface area contributed by atoms with Crippen LogP contribution in [-0.4, -0.2) is 34.4 Å². The summed E-state index contributed by atoms with van der Waals surface area (Å²) in [5.41, 5.74) is 7.10. The Kier molecular flexibility index (Phi) is 5.26. The Morgan fingerprint density at radius 2 is 2.03 bits per heavy atom. The third-order valence-corrected chi connectivity index (χ3v) is 4.74. The highest BCUT2D eigenvalue weighted by molar-refractivity contribution is 6.32. The lowest BCUT2D eigenvalue weighted by Gasteiger charge is -2.12. The van der Waals surface area contributed by atoms with Crippen molar-refractivity contribution in [3.8, 4) is 11.5 Å². The maximum Gasteiger partial charge on any atom is 0.288 e. The molecule has 3 heterocycles. The Balaban J connectivity index is 1.43. The van der Waals surface area contributed by atoms with Crippen LogP contribution in [0.2, 0.25) is 5.02 Å². The van der Waals surface area contributed by atoms with Crippen LogP contribution in [0.25, 0.3) is 5.65 Å². The number of nitrogens with zero attached hydrogens (tertiary/aromatic N) is 2. The second kappa shape index (κ2) is 8.00. The van der Waals surface area contributed by atoms with E-state index in [-0.39, 0.29) is 6.42 Å². The predicted octanol–water partition coefficient (Wildman–Crippen LogP) is 2.46. The smallest absolute Gasteiger partial charge is 0.288 e. The molecular formula is C20H19ClN4O4. The van der Waals surface area contributed by atoms with Crippen LogP contribution >= 0.6 is 11.6 Å². The standard InChI is InChI=1S/C20H19ClN4O4/c1-12-18(25-6-3-2-5-16(25)22-12)20(27)24-23-17(26)11-13-9-14(21)19-15(10-13)28-7-4-8-29-19/h2-3,5-6,9-10H,4,7-8,11H2,1H3,(H,23,26)(H,24,27). The number of halogens is 1. The van der Waals surface area contributed by atoms with E-state index in [0.717, 1.165) is 6.42 Å². The van der Waals surface area contributed by atoms with Crippen LogP contribution in [0.5, 0.6) is 11.5 Å². The number of carbonyl (C=O) groups excluding carboxylic acids is 2. The molecular weight excluding hydrogens is 396 g/mol. The molecule has 29 heavy (non-hydrogen) atoms. The van der Waals surface area contributed by atoms with Crippen LogP contribution in [0, 0.1) is 6.92 Å². The molecule has 0 saturated heterocycles. The van der Waals surface area contributed by atoms with Gasteiger partial charge in [0.2, 0.25) is 5.91 Å². The van der Waals surface area contributed by atoms with Gasteiger partial charge in [-0.3, -0.25) is 24.8 Å². The van der Waals surface area contributed by atoms with E-state index in [1.54, 1.807) is 41.8 Å². The number of amides is 2. The Hall–Kier alpha value is -3.26. The number of carbonyl (C=O) groups is 2. The molecule has 2 N–H and O–H groups in total. The fraction of sp³-hybridized carbons (Fsp3) is 0.250. The van der Waals surface area contributed by atoms with Crippen LogP contribution in [-0.2, 0) is 11.2 Å². The SMILES string of the molecule is Cc1nc2ccccn2c1C(=O)NNC(=O)Cc1cc(Cl)c2c(c1)OCCCO2. The highest BCUT2D eigenvalue weighted by Gasteiger charge is 2.19. The number of nitrogens with one attached hydrogen (secondary N) is 2. The number of hydrazine groups is 1. The summed E-state index contributed by atoms with van der Waals surface area (Å²) in [6, 6.07) is 8.83. The van der Waals surface area contributed by atoms with E-state index < -0.39 is 11.8 Å². The van der Waals surface area contributed by atoms with Crippen molar-refractivity contribution in [2.45, 2.75) is 19.8 Å². The molecule has 2 aromatic heterocycles. The molecule has 0 aliphatic carbocycles. The third-order valence-electron chi connectivity index (χ3n) is 4.46. The number of pyridine rings is 1. The molecule has 4 rings (SSSR count). The lowest BCUT2D eigenvalue weighted by Crippen LogP contribution is -2.43. The van der Waals surface area contributed by atoms with Gasteiger partial charge in [0.1, 0.15) is 11.3 Å². The van der Waals surface area contributed by atoms with Crippen LogP contribution < -0.4 is 20.3 Å². The van der Waals surface area contributed by atoms with Crippen molar-refractivity contribution in [1.29, 1.82) is 0 Å². The predicted molar refractivity (Wildman–Crippen MR) is 106 cm³/mol. The number of fused-ring (bicyclic) bond motifs is 2. The highest BCUT2D eigenvalue weighted by Crippen LogP contribution is 2.38. The van der Waals surface area contributed by atoms with Crippen molar-refractivity contribution in [3.05, 3.63) is 58.5 Å². The zero-order chi connectivity index (χ0) is 20.4. The first-order chi connectivity index (χ1) is 14.0. The molecule has 2 amide bonds. The van der Waals surface area contributed by atoms with E-state index >= 15 is 0 Å². The van der Waals surface area contributed by atoms with E-state index in [1.807, 2.05) is 6.07 Å². The van der Waals surface area contributed by atoms with Gasteiger partial charge in [-0.25, -0.2) is 4.98 Å². The van der Waals surface area contributed by atoms with Crippen molar-refractivity contribution in [3.63, 3.8) is 0 Å². The van der Waals surface area contributed by atoms with Gasteiger partial charge in [-0.05, 0) is 36.8 Å². The van der Waals surface area contributed by atoms with E-state index in [1.165, 1.54) is 0 Å². The number of rotatable bonds is 3. The summed E-state index contributed by atoms with van der Waals surface area (Å²) in [4.78, 5) is 29.2. The van der Waals surface area contributed by atoms with E-state index in [2.05, 4.69) is 15.8 Å². The Labute approximate surface area is 171 Å². The van der Waals surface area contributed by atoms with E-state index in [0.29, 0.717) is 52.3 Å². The van der Waals surface area contributed by atoms with Crippen molar-refractivity contribution < 1.29 is 19.1 Å². The molecule has 0 bridgehead atoms. The average molecular weight is 415 g/mol. The minimum Gasteiger partial charge on any atom is -0.489 e. The molecule has 0 radical (unpaired) electrons. The summed E-state index contributed by atoms with van der Waals surface area (Å²) in [6.07, 6.45) is 2.52. The molecule has 0 fully saturated rings. The maximum atomic E-state index is 12.5. The van der Waals surface area contributed by atoms with Gasteiger partial charge in [0.15, 0.2) is 11.5 Å². The quantitative estimate of drug-likeness (QED) is 0.642. The first-order valence-electron chi connectivity index (χ1n) is 9.14. The second-order valence-electron chi connectivity index (χ2n) is 6.61. The molecule has 3 aromatic rings. The third kappa shape index (κ3) is 3.97. The van der Waals surface area contributed by atoms with Gasteiger partial charge < -0.3 is 9.47 Å². The number of aromatic nitrogens is 2. The highest BCUT2D eigenvalue weighted by atomic mass is 35.5. The first-order valence-corrected chi connectivity index (χ1v) is 9.51. The van der Waals surface area contributed by atoms with Gasteiger partial charge in [0.25, 0.3) is 5.91 Å². The van der Waals surface area contributed by atoms with E-state index in [9.17, 15) is 9.59 Å². The zero-order valence-corrected chi connectivity index (χ0v) is 16.5. The monoisotopic (exact) mass is 414 g/mol. The lowest BCUT2D eigenvalue weighted by molar-refractivity contribution is -0.121. The number of imidazole rings is 1. The summed E-state index contributed by atoms with van der Waals surface area (Å²) >= 11 is 6.26. The average Bonchev–Trinajstić information content (AvgIpc) is 2.85. The zero-order valence-electron chi connectivity index (χ0n) is 15.7. The van der Waals surface area contributed by atoms with Gasteiger partial charge >= 0.3 is 0 Å². The van der Waals surface area contributed by atoms with Crippen LogP contribution in [0.3, 0.4) is 0 Å². The maximum absolute atomic E-state index is 12.5. The van der Waals surface area contributed by atoms with Gasteiger partial charge in [-0.1, -0.05) is 17.7 Å². The minimum atomic E-state index is -0.453. The van der Waals surface area contributed by atoms with Gasteiger partial charge in [0, 0.05) is 12.6 Å². The summed E-state index contributed by atoms with van der Waals surface area (Å²) in [5.74, 6) is 0.162. The van der Waals surface area contributed by atoms with Crippen LogP contribution in [0.1, 0.15) is 28.2 Å². The summed E-state index contributed by atoms with van der Waals surface area (Å²) in [6.45, 7) is 2.79. The van der Waals surface area contributed by atoms with Crippen molar-refractivity contribution in [1.82, 2.24) is 20.2 Å². The minimum absolute atomic E-state index is 0.0166. The van der Waals surface area contributed by atoms with Crippen molar-refractivity contribution in [2.75, 3.05) is 13.2 Å². The molecule has 0 atom stereocenters. The summed E-state index contributed by atoms with van der Waals surface area (Å²) in [7, 11) is 0. The van der Waals surface area contributed by atoms with Crippen LogP contribution in [0.15, 0.2) is 36.5 Å². The molecule has 0 spiro atoms. The molecule has 150 valence electrons. The van der Waals surface area contributed by atoms with Gasteiger partial charge in [0.05, 0.1) is 30.4 Å². The molecule has 1 aliphatic rings. The van der Waals surface area contributed by atoms with E-state index in [4.69, 9.17) is 21.1 Å². The topological polar surface area (TPSA) is 94.0 Å². The van der Waals surface area contributed by atoms with Crippen molar-refractivity contribution >= 4 is 29.1 Å². The molecule has 1 aliphatic heterocycles. The number of benzene rings is 1. The fourth-order valence-corrected chi connectivity index (χ4v) is 3.48. The van der Waals surface area contributed by atoms with Gasteiger partial charge in [-0.15, -0.1) is 0 Å². The normalized spacial score (nSPS) is 13.0. The van der Waals surface area contributed by atoms with Crippen molar-refractivity contribution in [2.24, 2.45) is 0 Å². The number of ether oxygens (including phenoxy) is 2. The Morgan fingerprint density at radius 3 is 2.90 bits per heavy atom. The number of hydrogen-bond acceptors (Lipinski definition) is 5. The Morgan fingerprint density at radius 1 is 1.21 bits per heavy atom. The molecule has 9 heteroatoms.